The molecule has 0 radical (unpaired) electrons. The smallest absolute Gasteiger partial charge is 0.383 e. The van der Waals surface area contributed by atoms with Gasteiger partial charge in [0.25, 0.3) is 0 Å². The van der Waals surface area contributed by atoms with Crippen LogP contribution in [0.15, 0.2) is 30.3 Å². The van der Waals surface area contributed by atoms with Crippen molar-refractivity contribution in [1.82, 2.24) is 4.98 Å². The monoisotopic (exact) mass is 255 g/mol. The van der Waals surface area contributed by atoms with Crippen molar-refractivity contribution in [3.8, 4) is 0 Å². The summed E-state index contributed by atoms with van der Waals surface area (Å²) in [6.07, 6.45) is -7.35. The average Bonchev–Trinajstić information content (AvgIpc) is 2.28. The molecule has 1 heterocycles. The first kappa shape index (κ1) is 12.8. The summed E-state index contributed by atoms with van der Waals surface area (Å²) in [5, 5.41) is 9.79. The quantitative estimate of drug-likeness (QED) is 0.894. The Morgan fingerprint density at radius 2 is 1.94 bits per heavy atom. The molecule has 0 saturated carbocycles. The first-order valence-corrected chi connectivity index (χ1v) is 5.47. The van der Waals surface area contributed by atoms with Crippen molar-refractivity contribution in [3.63, 3.8) is 0 Å². The van der Waals surface area contributed by atoms with Crippen molar-refractivity contribution in [2.24, 2.45) is 0 Å². The third-order valence-corrected chi connectivity index (χ3v) is 2.70. The zero-order valence-electron chi connectivity index (χ0n) is 9.70. The number of hydrogen-bond donors (Lipinski definition) is 1. The molecule has 96 valence electrons. The van der Waals surface area contributed by atoms with Crippen molar-refractivity contribution in [1.29, 1.82) is 0 Å². The van der Waals surface area contributed by atoms with E-state index in [1.807, 2.05) is 6.92 Å². The van der Waals surface area contributed by atoms with E-state index in [1.54, 1.807) is 30.3 Å². The molecule has 18 heavy (non-hydrogen) atoms. The summed E-state index contributed by atoms with van der Waals surface area (Å²) in [7, 11) is 0. The molecule has 1 N–H and O–H groups in total. The Bertz CT molecular complexity index is 566. The van der Waals surface area contributed by atoms with Gasteiger partial charge in [-0.3, -0.25) is 4.98 Å². The molecule has 0 aliphatic heterocycles. The molecule has 2 aromatic rings. The van der Waals surface area contributed by atoms with Crippen LogP contribution in [-0.2, 0) is 6.42 Å². The number of aromatic nitrogens is 1. The zero-order valence-corrected chi connectivity index (χ0v) is 9.70. The van der Waals surface area contributed by atoms with Crippen molar-refractivity contribution >= 4 is 10.9 Å². The van der Waals surface area contributed by atoms with Gasteiger partial charge >= 0.3 is 6.18 Å². The molecule has 0 aliphatic rings. The van der Waals surface area contributed by atoms with Gasteiger partial charge in [0, 0.05) is 17.5 Å². The summed E-state index contributed by atoms with van der Waals surface area (Å²) >= 11 is 0. The van der Waals surface area contributed by atoms with Crippen molar-refractivity contribution in [2.45, 2.75) is 25.6 Å². The zero-order chi connectivity index (χ0) is 13.3. The molecule has 0 bridgehead atoms. The summed E-state index contributed by atoms with van der Waals surface area (Å²) in [4.78, 5) is 4.26. The van der Waals surface area contributed by atoms with E-state index < -0.39 is 18.7 Å². The topological polar surface area (TPSA) is 33.1 Å². The maximum atomic E-state index is 12.2. The highest BCUT2D eigenvalue weighted by molar-refractivity contribution is 5.79. The lowest BCUT2D eigenvalue weighted by Crippen LogP contribution is -2.30. The molecular formula is C13H12F3NO. The maximum Gasteiger partial charge on any atom is 0.414 e. The van der Waals surface area contributed by atoms with E-state index in [2.05, 4.69) is 4.98 Å². The second-order valence-corrected chi connectivity index (χ2v) is 4.24. The SMILES string of the molecule is Cc1ccc2cc(CC(O)C(F)(F)F)ccc2n1. The second kappa shape index (κ2) is 4.57. The molecule has 0 amide bonds. The number of halogens is 3. The highest BCUT2D eigenvalue weighted by Gasteiger charge is 2.37. The van der Waals surface area contributed by atoms with E-state index in [4.69, 9.17) is 5.11 Å². The van der Waals surface area contributed by atoms with Crippen LogP contribution < -0.4 is 0 Å². The number of aliphatic hydroxyl groups excluding tert-OH is 1. The van der Waals surface area contributed by atoms with Crippen molar-refractivity contribution < 1.29 is 18.3 Å². The lowest BCUT2D eigenvalue weighted by atomic mass is 10.0. The van der Waals surface area contributed by atoms with Crippen LogP contribution in [0, 0.1) is 6.92 Å². The molecule has 0 spiro atoms. The van der Waals surface area contributed by atoms with Gasteiger partial charge in [0.15, 0.2) is 6.10 Å². The number of hydrogen-bond acceptors (Lipinski definition) is 2. The number of fused-ring (bicyclic) bond motifs is 1. The van der Waals surface area contributed by atoms with Gasteiger partial charge in [-0.15, -0.1) is 0 Å². The summed E-state index contributed by atoms with van der Waals surface area (Å²) in [6, 6.07) is 8.45. The predicted octanol–water partition coefficient (Wildman–Crippen LogP) is 3.01. The molecule has 2 rings (SSSR count). The molecule has 5 heteroatoms. The summed E-state index contributed by atoms with van der Waals surface area (Å²) in [5.41, 5.74) is 2.03. The number of aliphatic hydroxyl groups is 1. The summed E-state index contributed by atoms with van der Waals surface area (Å²) < 4.78 is 36.7. The van der Waals surface area contributed by atoms with Crippen LogP contribution in [0.3, 0.4) is 0 Å². The van der Waals surface area contributed by atoms with E-state index in [9.17, 15) is 13.2 Å². The highest BCUT2D eigenvalue weighted by Crippen LogP contribution is 2.24. The first-order valence-electron chi connectivity index (χ1n) is 5.47. The van der Waals surface area contributed by atoms with Crippen LogP contribution in [0.2, 0.25) is 0 Å². The van der Waals surface area contributed by atoms with Crippen molar-refractivity contribution in [2.75, 3.05) is 0 Å². The largest absolute Gasteiger partial charge is 0.414 e. The maximum absolute atomic E-state index is 12.2. The van der Waals surface area contributed by atoms with E-state index in [0.717, 1.165) is 16.6 Å². The number of pyridine rings is 1. The standard InChI is InChI=1S/C13H12F3NO/c1-8-2-4-10-6-9(3-5-11(10)17-8)7-12(18)13(14,15)16/h2-6,12,18H,7H2,1H3. The van der Waals surface area contributed by atoms with Crippen LogP contribution in [0.25, 0.3) is 10.9 Å². The van der Waals surface area contributed by atoms with E-state index in [1.165, 1.54) is 0 Å². The molecular weight excluding hydrogens is 243 g/mol. The lowest BCUT2D eigenvalue weighted by molar-refractivity contribution is -0.203. The third-order valence-electron chi connectivity index (χ3n) is 2.70. The Balaban J connectivity index is 2.28. The Morgan fingerprint density at radius 3 is 2.61 bits per heavy atom. The van der Waals surface area contributed by atoms with Gasteiger partial charge in [0.05, 0.1) is 5.52 Å². The van der Waals surface area contributed by atoms with E-state index in [0.29, 0.717) is 5.56 Å². The summed E-state index contributed by atoms with van der Waals surface area (Å²) in [6.45, 7) is 1.85. The van der Waals surface area contributed by atoms with Crippen LogP contribution >= 0.6 is 0 Å². The molecule has 2 nitrogen and oxygen atoms in total. The number of aryl methyl sites for hydroxylation is 1. The minimum atomic E-state index is -4.58. The van der Waals surface area contributed by atoms with E-state index in [-0.39, 0.29) is 0 Å². The second-order valence-electron chi connectivity index (χ2n) is 4.24. The Morgan fingerprint density at radius 1 is 1.22 bits per heavy atom. The van der Waals surface area contributed by atoms with Crippen LogP contribution in [0.4, 0.5) is 13.2 Å². The van der Waals surface area contributed by atoms with Gasteiger partial charge in [0.2, 0.25) is 0 Å². The highest BCUT2D eigenvalue weighted by atomic mass is 19.4. The van der Waals surface area contributed by atoms with Crippen LogP contribution in [-0.4, -0.2) is 22.4 Å². The molecule has 1 unspecified atom stereocenters. The number of benzene rings is 1. The first-order chi connectivity index (χ1) is 8.36. The van der Waals surface area contributed by atoms with Gasteiger partial charge in [-0.1, -0.05) is 12.1 Å². The lowest BCUT2D eigenvalue weighted by Gasteiger charge is -2.14. The van der Waals surface area contributed by atoms with E-state index >= 15 is 0 Å². The third kappa shape index (κ3) is 2.79. The fraction of sp³-hybridized carbons (Fsp3) is 0.308. The molecule has 1 atom stereocenters. The van der Waals surface area contributed by atoms with Gasteiger partial charge in [-0.2, -0.15) is 13.2 Å². The Labute approximate surface area is 102 Å². The Hall–Kier alpha value is -1.62. The van der Waals surface area contributed by atoms with Gasteiger partial charge < -0.3 is 5.11 Å². The summed E-state index contributed by atoms with van der Waals surface area (Å²) in [5.74, 6) is 0. The minimum absolute atomic E-state index is 0.437. The number of alkyl halides is 3. The van der Waals surface area contributed by atoms with Gasteiger partial charge in [-0.25, -0.2) is 0 Å². The Kier molecular flexibility index (Phi) is 3.26. The molecule has 1 aromatic heterocycles. The molecule has 1 aromatic carbocycles. The van der Waals surface area contributed by atoms with Crippen LogP contribution in [0.5, 0.6) is 0 Å². The molecule has 0 aliphatic carbocycles. The average molecular weight is 255 g/mol. The number of nitrogens with zero attached hydrogens (tertiary/aromatic N) is 1. The van der Waals surface area contributed by atoms with Crippen molar-refractivity contribution in [3.05, 3.63) is 41.6 Å². The van der Waals surface area contributed by atoms with Gasteiger partial charge in [0.1, 0.15) is 0 Å². The molecule has 0 fully saturated rings. The normalized spacial score (nSPS) is 13.8. The number of rotatable bonds is 2. The molecule has 0 saturated heterocycles. The predicted molar refractivity (Wildman–Crippen MR) is 62.2 cm³/mol. The van der Waals surface area contributed by atoms with Gasteiger partial charge in [-0.05, 0) is 30.7 Å². The fourth-order valence-corrected chi connectivity index (χ4v) is 1.74. The van der Waals surface area contributed by atoms with Crippen LogP contribution in [0.1, 0.15) is 11.3 Å². The fourth-order valence-electron chi connectivity index (χ4n) is 1.74. The minimum Gasteiger partial charge on any atom is -0.383 e.